The lowest BCUT2D eigenvalue weighted by Gasteiger charge is -2.10. The number of carboxylic acids is 1. The van der Waals surface area contributed by atoms with Crippen molar-refractivity contribution in [1.29, 1.82) is 0 Å². The first-order valence-electron chi connectivity index (χ1n) is 5.73. The van der Waals surface area contributed by atoms with E-state index in [0.29, 0.717) is 6.54 Å². The van der Waals surface area contributed by atoms with Crippen LogP contribution in [0, 0.1) is 5.92 Å². The second kappa shape index (κ2) is 7.16. The van der Waals surface area contributed by atoms with E-state index in [4.69, 9.17) is 5.11 Å². The summed E-state index contributed by atoms with van der Waals surface area (Å²) < 4.78 is 1.01. The largest absolute Gasteiger partial charge is 0.481 e. The predicted octanol–water partition coefficient (Wildman–Crippen LogP) is 2.22. The number of carboxylic acid groups (broad SMARTS) is 1. The molecule has 2 N–H and O–H groups in total. The molecular formula is C13H16BrNO3. The lowest BCUT2D eigenvalue weighted by Crippen LogP contribution is -2.32. The van der Waals surface area contributed by atoms with Crippen molar-refractivity contribution in [3.05, 3.63) is 34.3 Å². The standard InChI is InChI=1S/C13H16BrNO3/c1-9(7-12(16)17)13(18)15-6-5-10-3-2-4-11(14)8-10/h2-4,8-9H,5-7H2,1H3,(H,15,18)(H,16,17). The van der Waals surface area contributed by atoms with Gasteiger partial charge in [-0.2, -0.15) is 0 Å². The summed E-state index contributed by atoms with van der Waals surface area (Å²) in [7, 11) is 0. The molecule has 0 spiro atoms. The first kappa shape index (κ1) is 14.7. The van der Waals surface area contributed by atoms with Gasteiger partial charge in [0.25, 0.3) is 0 Å². The van der Waals surface area contributed by atoms with Gasteiger partial charge in [-0.15, -0.1) is 0 Å². The lowest BCUT2D eigenvalue weighted by atomic mass is 10.1. The van der Waals surface area contributed by atoms with Crippen molar-refractivity contribution >= 4 is 27.8 Å². The normalized spacial score (nSPS) is 11.9. The minimum absolute atomic E-state index is 0.136. The highest BCUT2D eigenvalue weighted by Crippen LogP contribution is 2.11. The van der Waals surface area contributed by atoms with Gasteiger partial charge in [0, 0.05) is 16.9 Å². The molecule has 1 atom stereocenters. The molecule has 1 aromatic carbocycles. The SMILES string of the molecule is CC(CC(=O)O)C(=O)NCCc1cccc(Br)c1. The number of hydrogen-bond donors (Lipinski definition) is 2. The Bertz CT molecular complexity index is 434. The minimum atomic E-state index is -0.954. The molecule has 0 aliphatic rings. The molecule has 0 aliphatic carbocycles. The van der Waals surface area contributed by atoms with Gasteiger partial charge in [-0.3, -0.25) is 9.59 Å². The molecule has 1 rings (SSSR count). The van der Waals surface area contributed by atoms with Gasteiger partial charge in [-0.05, 0) is 24.1 Å². The van der Waals surface area contributed by atoms with E-state index in [9.17, 15) is 9.59 Å². The van der Waals surface area contributed by atoms with Crippen LogP contribution in [-0.4, -0.2) is 23.5 Å². The number of rotatable bonds is 6. The summed E-state index contributed by atoms with van der Waals surface area (Å²) in [4.78, 5) is 22.0. The summed E-state index contributed by atoms with van der Waals surface area (Å²) in [5.41, 5.74) is 1.12. The highest BCUT2D eigenvalue weighted by molar-refractivity contribution is 9.10. The zero-order valence-electron chi connectivity index (χ0n) is 10.1. The zero-order valence-corrected chi connectivity index (χ0v) is 11.7. The van der Waals surface area contributed by atoms with Gasteiger partial charge in [0.2, 0.25) is 5.91 Å². The minimum Gasteiger partial charge on any atom is -0.481 e. The van der Waals surface area contributed by atoms with Crippen LogP contribution in [0.25, 0.3) is 0 Å². The van der Waals surface area contributed by atoms with Gasteiger partial charge in [-0.25, -0.2) is 0 Å². The van der Waals surface area contributed by atoms with Crippen molar-refractivity contribution in [2.45, 2.75) is 19.8 Å². The first-order valence-corrected chi connectivity index (χ1v) is 6.52. The molecule has 18 heavy (non-hydrogen) atoms. The molecule has 0 saturated carbocycles. The summed E-state index contributed by atoms with van der Waals surface area (Å²) in [5.74, 6) is -1.66. The van der Waals surface area contributed by atoms with Crippen molar-refractivity contribution in [2.24, 2.45) is 5.92 Å². The van der Waals surface area contributed by atoms with Crippen LogP contribution >= 0.6 is 15.9 Å². The van der Waals surface area contributed by atoms with Crippen LogP contribution in [0.2, 0.25) is 0 Å². The Morgan fingerprint density at radius 3 is 2.78 bits per heavy atom. The Labute approximate surface area is 115 Å². The molecular weight excluding hydrogens is 298 g/mol. The number of carbonyl (C=O) groups is 2. The van der Waals surface area contributed by atoms with Crippen molar-refractivity contribution in [3.8, 4) is 0 Å². The molecule has 1 unspecified atom stereocenters. The van der Waals surface area contributed by atoms with Gasteiger partial charge >= 0.3 is 5.97 Å². The molecule has 1 amide bonds. The number of amides is 1. The molecule has 0 saturated heterocycles. The highest BCUT2D eigenvalue weighted by atomic mass is 79.9. The zero-order chi connectivity index (χ0) is 13.5. The number of carbonyl (C=O) groups excluding carboxylic acids is 1. The second-order valence-corrected chi connectivity index (χ2v) is 5.09. The van der Waals surface area contributed by atoms with Gasteiger partial charge in [-0.1, -0.05) is 35.0 Å². The van der Waals surface area contributed by atoms with Crippen LogP contribution in [-0.2, 0) is 16.0 Å². The fourth-order valence-electron chi connectivity index (χ4n) is 1.55. The lowest BCUT2D eigenvalue weighted by molar-refractivity contribution is -0.140. The maximum Gasteiger partial charge on any atom is 0.304 e. The van der Waals surface area contributed by atoms with Crippen LogP contribution in [0.3, 0.4) is 0 Å². The number of nitrogens with one attached hydrogen (secondary N) is 1. The Hall–Kier alpha value is -1.36. The van der Waals surface area contributed by atoms with Crippen LogP contribution < -0.4 is 5.32 Å². The number of hydrogen-bond acceptors (Lipinski definition) is 2. The maximum absolute atomic E-state index is 11.6. The van der Waals surface area contributed by atoms with Crippen molar-refractivity contribution in [3.63, 3.8) is 0 Å². The quantitative estimate of drug-likeness (QED) is 0.846. The van der Waals surface area contributed by atoms with Crippen molar-refractivity contribution < 1.29 is 14.7 Å². The molecule has 0 fully saturated rings. The van der Waals surface area contributed by atoms with Gasteiger partial charge in [0.05, 0.1) is 6.42 Å². The van der Waals surface area contributed by atoms with Gasteiger partial charge < -0.3 is 10.4 Å². The smallest absolute Gasteiger partial charge is 0.304 e. The van der Waals surface area contributed by atoms with E-state index in [-0.39, 0.29) is 12.3 Å². The van der Waals surface area contributed by atoms with E-state index in [1.807, 2.05) is 24.3 Å². The van der Waals surface area contributed by atoms with Crippen molar-refractivity contribution in [2.75, 3.05) is 6.54 Å². The molecule has 4 nitrogen and oxygen atoms in total. The van der Waals surface area contributed by atoms with Crippen LogP contribution in [0.4, 0.5) is 0 Å². The third-order valence-corrected chi connectivity index (χ3v) is 3.02. The number of aliphatic carboxylic acids is 1. The summed E-state index contributed by atoms with van der Waals surface area (Å²) in [6.07, 6.45) is 0.591. The fraction of sp³-hybridized carbons (Fsp3) is 0.385. The molecule has 98 valence electrons. The van der Waals surface area contributed by atoms with Crippen LogP contribution in [0.1, 0.15) is 18.9 Å². The molecule has 1 aromatic rings. The fourth-order valence-corrected chi connectivity index (χ4v) is 2.00. The second-order valence-electron chi connectivity index (χ2n) is 4.17. The summed E-state index contributed by atoms with van der Waals surface area (Å²) in [6, 6.07) is 7.86. The molecule has 0 aliphatic heterocycles. The average Bonchev–Trinajstić information content (AvgIpc) is 2.28. The topological polar surface area (TPSA) is 66.4 Å². The predicted molar refractivity (Wildman–Crippen MR) is 72.3 cm³/mol. The third-order valence-electron chi connectivity index (χ3n) is 2.53. The Balaban J connectivity index is 2.33. The molecule has 5 heteroatoms. The molecule has 0 aromatic heterocycles. The van der Waals surface area contributed by atoms with E-state index in [2.05, 4.69) is 21.2 Å². The molecule has 0 heterocycles. The summed E-state index contributed by atoms with van der Waals surface area (Å²) >= 11 is 3.38. The highest BCUT2D eigenvalue weighted by Gasteiger charge is 2.15. The van der Waals surface area contributed by atoms with E-state index >= 15 is 0 Å². The summed E-state index contributed by atoms with van der Waals surface area (Å²) in [5, 5.41) is 11.3. The van der Waals surface area contributed by atoms with Crippen LogP contribution in [0.15, 0.2) is 28.7 Å². The van der Waals surface area contributed by atoms with E-state index < -0.39 is 11.9 Å². The Kier molecular flexibility index (Phi) is 5.85. The van der Waals surface area contributed by atoms with E-state index in [1.165, 1.54) is 0 Å². The Morgan fingerprint density at radius 2 is 2.17 bits per heavy atom. The monoisotopic (exact) mass is 313 g/mol. The van der Waals surface area contributed by atoms with Crippen molar-refractivity contribution in [1.82, 2.24) is 5.32 Å². The molecule has 0 radical (unpaired) electrons. The third kappa shape index (κ3) is 5.31. The van der Waals surface area contributed by atoms with E-state index in [1.54, 1.807) is 6.92 Å². The van der Waals surface area contributed by atoms with Gasteiger partial charge in [0.1, 0.15) is 0 Å². The molecule has 0 bridgehead atoms. The first-order chi connectivity index (χ1) is 8.49. The maximum atomic E-state index is 11.6. The Morgan fingerprint density at radius 1 is 1.44 bits per heavy atom. The average molecular weight is 314 g/mol. The van der Waals surface area contributed by atoms with Crippen LogP contribution in [0.5, 0.6) is 0 Å². The van der Waals surface area contributed by atoms with E-state index in [0.717, 1.165) is 16.5 Å². The van der Waals surface area contributed by atoms with Gasteiger partial charge in [0.15, 0.2) is 0 Å². The summed E-state index contributed by atoms with van der Waals surface area (Å²) in [6.45, 7) is 2.13. The number of benzene rings is 1. The number of halogens is 1.